The predicted molar refractivity (Wildman–Crippen MR) is 52.6 cm³/mol. The molecule has 14 heavy (non-hydrogen) atoms. The lowest BCUT2D eigenvalue weighted by molar-refractivity contribution is -0.133. The van der Waals surface area contributed by atoms with E-state index in [0.29, 0.717) is 33.1 Å². The third kappa shape index (κ3) is 7.23. The molecule has 0 aromatic carbocycles. The van der Waals surface area contributed by atoms with Crippen molar-refractivity contribution in [2.24, 2.45) is 0 Å². The molecule has 0 saturated heterocycles. The second-order valence-electron chi connectivity index (χ2n) is 3.16. The largest absolute Gasteiger partial charge is 0.359 e. The van der Waals surface area contributed by atoms with Gasteiger partial charge in [0, 0.05) is 20.3 Å². The summed E-state index contributed by atoms with van der Waals surface area (Å²) >= 11 is 0. The highest BCUT2D eigenvalue weighted by atomic mass is 16.7. The van der Waals surface area contributed by atoms with Gasteiger partial charge in [-0.3, -0.25) is 4.90 Å². The molecule has 0 spiro atoms. The maximum Gasteiger partial charge on any atom is 0.148 e. The van der Waals surface area contributed by atoms with E-state index in [9.17, 15) is 0 Å². The first-order valence-corrected chi connectivity index (χ1v) is 4.59. The van der Waals surface area contributed by atoms with Crippen molar-refractivity contribution >= 4 is 0 Å². The summed E-state index contributed by atoms with van der Waals surface area (Å²) in [6, 6.07) is 0.365. The summed E-state index contributed by atoms with van der Waals surface area (Å²) in [6.45, 7) is 5.74. The van der Waals surface area contributed by atoms with Crippen LogP contribution in [0.4, 0.5) is 0 Å². The Morgan fingerprint density at radius 3 is 1.64 bits per heavy atom. The monoisotopic (exact) mass is 207 g/mol. The fourth-order valence-corrected chi connectivity index (χ4v) is 0.811. The van der Waals surface area contributed by atoms with Crippen molar-refractivity contribution in [1.29, 1.82) is 0 Å². The molecule has 5 heteroatoms. The van der Waals surface area contributed by atoms with E-state index in [4.69, 9.17) is 18.9 Å². The van der Waals surface area contributed by atoms with Crippen LogP contribution in [0.1, 0.15) is 13.8 Å². The van der Waals surface area contributed by atoms with E-state index in [0.717, 1.165) is 0 Å². The van der Waals surface area contributed by atoms with Crippen LogP contribution in [0.25, 0.3) is 0 Å². The Morgan fingerprint density at radius 1 is 0.929 bits per heavy atom. The molecule has 86 valence electrons. The van der Waals surface area contributed by atoms with Crippen molar-refractivity contribution < 1.29 is 18.9 Å². The Kier molecular flexibility index (Phi) is 9.23. The van der Waals surface area contributed by atoms with E-state index < -0.39 is 0 Å². The number of nitrogens with zero attached hydrogens (tertiary/aromatic N) is 1. The first kappa shape index (κ1) is 13.8. The molecule has 0 amide bonds. The number of rotatable bonds is 9. The molecule has 0 bridgehead atoms. The summed E-state index contributed by atoms with van der Waals surface area (Å²) in [6.07, 6.45) is 0. The van der Waals surface area contributed by atoms with Gasteiger partial charge in [0.15, 0.2) is 0 Å². The van der Waals surface area contributed by atoms with Crippen molar-refractivity contribution in [2.75, 3.05) is 41.3 Å². The van der Waals surface area contributed by atoms with Gasteiger partial charge in [-0.25, -0.2) is 0 Å². The van der Waals surface area contributed by atoms with E-state index in [-0.39, 0.29) is 0 Å². The molecule has 0 saturated carbocycles. The lowest BCUT2D eigenvalue weighted by Crippen LogP contribution is -2.35. The van der Waals surface area contributed by atoms with E-state index in [2.05, 4.69) is 13.8 Å². The predicted octanol–water partition coefficient (Wildman–Crippen LogP) is 0.853. The summed E-state index contributed by atoms with van der Waals surface area (Å²) in [4.78, 5) is 2.03. The number of ether oxygens (including phenoxy) is 4. The van der Waals surface area contributed by atoms with Gasteiger partial charge in [0.05, 0.1) is 0 Å². The van der Waals surface area contributed by atoms with Crippen molar-refractivity contribution in [2.45, 2.75) is 19.9 Å². The summed E-state index contributed by atoms with van der Waals surface area (Å²) in [5.74, 6) is 0. The molecule has 0 aliphatic rings. The van der Waals surface area contributed by atoms with E-state index in [1.165, 1.54) is 0 Å². The molecule has 0 atom stereocenters. The first-order valence-electron chi connectivity index (χ1n) is 4.59. The minimum atomic E-state index is 0.299. The average molecular weight is 207 g/mol. The third-order valence-electron chi connectivity index (χ3n) is 1.65. The molecule has 0 fully saturated rings. The maximum absolute atomic E-state index is 5.22. The number of hydrogen-bond acceptors (Lipinski definition) is 5. The van der Waals surface area contributed by atoms with E-state index in [1.807, 2.05) is 4.90 Å². The molecule has 0 aliphatic carbocycles. The zero-order chi connectivity index (χ0) is 10.8. The topological polar surface area (TPSA) is 40.2 Å². The van der Waals surface area contributed by atoms with Gasteiger partial charge in [-0.2, -0.15) is 0 Å². The summed E-state index contributed by atoms with van der Waals surface area (Å²) in [7, 11) is 3.20. The standard InChI is InChI=1S/C9H21NO4/c1-9(2)10(5-13-7-11-3)6-14-8-12-4/h9H,5-8H2,1-4H3. The molecule has 0 heterocycles. The number of hydrogen-bond donors (Lipinski definition) is 0. The van der Waals surface area contributed by atoms with Crippen LogP contribution in [-0.4, -0.2) is 52.2 Å². The minimum absolute atomic E-state index is 0.299. The van der Waals surface area contributed by atoms with Crippen LogP contribution in [0.5, 0.6) is 0 Å². The quantitative estimate of drug-likeness (QED) is 0.414. The van der Waals surface area contributed by atoms with Crippen LogP contribution in [0.15, 0.2) is 0 Å². The lowest BCUT2D eigenvalue weighted by atomic mass is 10.4. The van der Waals surface area contributed by atoms with Gasteiger partial charge in [0.2, 0.25) is 0 Å². The maximum atomic E-state index is 5.22. The fraction of sp³-hybridized carbons (Fsp3) is 1.00. The van der Waals surface area contributed by atoms with Crippen molar-refractivity contribution in [3.63, 3.8) is 0 Å². The van der Waals surface area contributed by atoms with Gasteiger partial charge >= 0.3 is 0 Å². The summed E-state index contributed by atoms with van der Waals surface area (Å²) < 4.78 is 20.0. The van der Waals surface area contributed by atoms with Crippen molar-refractivity contribution in [3.8, 4) is 0 Å². The van der Waals surface area contributed by atoms with Gasteiger partial charge < -0.3 is 18.9 Å². The summed E-state index contributed by atoms with van der Waals surface area (Å²) in [5.41, 5.74) is 0. The second-order valence-corrected chi connectivity index (χ2v) is 3.16. The Bertz CT molecular complexity index is 111. The Balaban J connectivity index is 3.55. The normalized spacial score (nSPS) is 11.6. The Hall–Kier alpha value is -0.200. The van der Waals surface area contributed by atoms with E-state index in [1.54, 1.807) is 14.2 Å². The van der Waals surface area contributed by atoms with Crippen LogP contribution in [0, 0.1) is 0 Å². The molecule has 0 radical (unpaired) electrons. The van der Waals surface area contributed by atoms with Crippen molar-refractivity contribution in [3.05, 3.63) is 0 Å². The molecule has 0 aromatic heterocycles. The highest BCUT2D eigenvalue weighted by Crippen LogP contribution is 1.98. The second kappa shape index (κ2) is 9.36. The molecule has 0 aromatic rings. The highest BCUT2D eigenvalue weighted by Gasteiger charge is 2.08. The molecule has 5 nitrogen and oxygen atoms in total. The average Bonchev–Trinajstić information content (AvgIpc) is 2.15. The number of methoxy groups -OCH3 is 2. The molecule has 0 rings (SSSR count). The van der Waals surface area contributed by atoms with Gasteiger partial charge in [-0.05, 0) is 13.8 Å². The first-order chi connectivity index (χ1) is 6.72. The molecular formula is C9H21NO4. The van der Waals surface area contributed by atoms with Gasteiger partial charge in [0.1, 0.15) is 27.0 Å². The molecular weight excluding hydrogens is 186 g/mol. The van der Waals surface area contributed by atoms with Crippen molar-refractivity contribution in [1.82, 2.24) is 4.90 Å². The Labute approximate surface area is 85.9 Å². The molecule has 0 N–H and O–H groups in total. The molecule has 0 aliphatic heterocycles. The van der Waals surface area contributed by atoms with Crippen LogP contribution in [0.2, 0.25) is 0 Å². The minimum Gasteiger partial charge on any atom is -0.359 e. The summed E-state index contributed by atoms with van der Waals surface area (Å²) in [5, 5.41) is 0. The van der Waals surface area contributed by atoms with Gasteiger partial charge in [-0.1, -0.05) is 0 Å². The van der Waals surface area contributed by atoms with Crippen LogP contribution >= 0.6 is 0 Å². The highest BCUT2D eigenvalue weighted by molar-refractivity contribution is 4.53. The van der Waals surface area contributed by atoms with E-state index >= 15 is 0 Å². The zero-order valence-corrected chi connectivity index (χ0v) is 9.49. The van der Waals surface area contributed by atoms with Crippen LogP contribution in [-0.2, 0) is 18.9 Å². The SMILES string of the molecule is COCOCN(COCOC)C(C)C. The fourth-order valence-electron chi connectivity index (χ4n) is 0.811. The third-order valence-corrected chi connectivity index (χ3v) is 1.65. The van der Waals surface area contributed by atoms with Crippen LogP contribution in [0.3, 0.4) is 0 Å². The lowest BCUT2D eigenvalue weighted by Gasteiger charge is -2.25. The zero-order valence-electron chi connectivity index (χ0n) is 9.49. The Morgan fingerprint density at radius 2 is 1.36 bits per heavy atom. The van der Waals surface area contributed by atoms with Gasteiger partial charge in [0.25, 0.3) is 0 Å². The van der Waals surface area contributed by atoms with Gasteiger partial charge in [-0.15, -0.1) is 0 Å². The van der Waals surface area contributed by atoms with Crippen LogP contribution < -0.4 is 0 Å². The smallest absolute Gasteiger partial charge is 0.148 e. The molecule has 0 unspecified atom stereocenters.